The number of anilines is 2. The first-order chi connectivity index (χ1) is 12.5. The minimum atomic E-state index is -0.327. The van der Waals surface area contributed by atoms with Gasteiger partial charge in [-0.2, -0.15) is 0 Å². The van der Waals surface area contributed by atoms with Gasteiger partial charge in [-0.3, -0.25) is 9.59 Å². The summed E-state index contributed by atoms with van der Waals surface area (Å²) in [6.45, 7) is 2.11. The van der Waals surface area contributed by atoms with Crippen molar-refractivity contribution in [1.29, 1.82) is 0 Å². The molecular weight excluding hydrogens is 332 g/mol. The molecule has 3 aromatic rings. The molecule has 1 unspecified atom stereocenters. The molecule has 1 atom stereocenters. The first-order valence-electron chi connectivity index (χ1n) is 8.36. The lowest BCUT2D eigenvalue weighted by atomic mass is 10.1. The molecule has 0 bridgehead atoms. The number of nitrogens with zero attached hydrogens (tertiary/aromatic N) is 2. The Kier molecular flexibility index (Phi) is 3.64. The van der Waals surface area contributed by atoms with E-state index in [1.807, 2.05) is 31.2 Å². The van der Waals surface area contributed by atoms with Gasteiger partial charge in [0.15, 0.2) is 0 Å². The van der Waals surface area contributed by atoms with Gasteiger partial charge in [0, 0.05) is 19.2 Å². The van der Waals surface area contributed by atoms with Crippen LogP contribution in [-0.4, -0.2) is 35.4 Å². The van der Waals surface area contributed by atoms with Crippen LogP contribution in [0.3, 0.4) is 0 Å². The molecule has 0 spiro atoms. The molecule has 1 aliphatic rings. The van der Waals surface area contributed by atoms with E-state index in [2.05, 4.69) is 9.97 Å². The summed E-state index contributed by atoms with van der Waals surface area (Å²) < 4.78 is 0. The molecule has 0 fully saturated rings. The number of para-hydroxylation sites is 2. The Hall–Kier alpha value is -3.35. The van der Waals surface area contributed by atoms with Crippen molar-refractivity contribution in [2.24, 2.45) is 5.92 Å². The maximum atomic E-state index is 13.2. The van der Waals surface area contributed by atoms with Gasteiger partial charge in [-0.05, 0) is 30.3 Å². The highest BCUT2D eigenvalue weighted by Crippen LogP contribution is 2.34. The number of H-pyrrole nitrogens is 2. The van der Waals surface area contributed by atoms with Crippen LogP contribution in [0.4, 0.5) is 11.4 Å². The Morgan fingerprint density at radius 2 is 1.73 bits per heavy atom. The number of hydrogen-bond acceptors (Lipinski definition) is 3. The Labute approximate surface area is 149 Å². The van der Waals surface area contributed by atoms with Crippen LogP contribution >= 0.6 is 0 Å². The molecule has 132 valence electrons. The molecule has 1 aliphatic heterocycles. The number of fused-ring (bicyclic) bond motifs is 2. The lowest BCUT2D eigenvalue weighted by Gasteiger charge is -2.24. The highest BCUT2D eigenvalue weighted by atomic mass is 16.2. The van der Waals surface area contributed by atoms with Gasteiger partial charge in [0.1, 0.15) is 0 Å². The molecule has 7 heteroatoms. The molecule has 2 heterocycles. The second-order valence-electron chi connectivity index (χ2n) is 6.54. The third-order valence-electron chi connectivity index (χ3n) is 4.75. The number of rotatable bonds is 1. The van der Waals surface area contributed by atoms with Crippen LogP contribution < -0.4 is 15.5 Å². The number of amides is 2. The summed E-state index contributed by atoms with van der Waals surface area (Å²) in [6.07, 6.45) is 0. The van der Waals surface area contributed by atoms with E-state index < -0.39 is 0 Å². The topological polar surface area (TPSA) is 89.3 Å². The van der Waals surface area contributed by atoms with Gasteiger partial charge >= 0.3 is 5.69 Å². The van der Waals surface area contributed by atoms with E-state index in [0.717, 1.165) is 0 Å². The van der Waals surface area contributed by atoms with E-state index in [1.54, 1.807) is 35.0 Å². The monoisotopic (exact) mass is 350 g/mol. The fourth-order valence-electron chi connectivity index (χ4n) is 3.39. The molecule has 0 aliphatic carbocycles. The van der Waals surface area contributed by atoms with Crippen LogP contribution in [0, 0.1) is 5.92 Å². The third kappa shape index (κ3) is 2.48. The number of carbonyl (C=O) groups is 2. The third-order valence-corrected chi connectivity index (χ3v) is 4.75. The summed E-state index contributed by atoms with van der Waals surface area (Å²) in [5.41, 5.74) is 2.75. The average Bonchev–Trinajstić information content (AvgIpc) is 2.99. The second-order valence-corrected chi connectivity index (χ2v) is 6.54. The highest BCUT2D eigenvalue weighted by molar-refractivity contribution is 6.12. The van der Waals surface area contributed by atoms with Gasteiger partial charge in [0.25, 0.3) is 5.91 Å². The normalized spacial score (nSPS) is 17.3. The number of aromatic amines is 2. The summed E-state index contributed by atoms with van der Waals surface area (Å²) in [4.78, 5) is 45.8. The average molecular weight is 350 g/mol. The predicted octanol–water partition coefficient (Wildman–Crippen LogP) is 2.12. The molecular formula is C19H18N4O3. The Morgan fingerprint density at radius 1 is 1.04 bits per heavy atom. The van der Waals surface area contributed by atoms with Gasteiger partial charge in [0.05, 0.1) is 28.3 Å². The van der Waals surface area contributed by atoms with E-state index in [-0.39, 0.29) is 23.4 Å². The minimum absolute atomic E-state index is 0.0295. The molecule has 7 nitrogen and oxygen atoms in total. The van der Waals surface area contributed by atoms with Crippen LogP contribution in [0.15, 0.2) is 47.3 Å². The molecule has 2 amide bonds. The summed E-state index contributed by atoms with van der Waals surface area (Å²) >= 11 is 0. The Balaban J connectivity index is 1.81. The van der Waals surface area contributed by atoms with Crippen molar-refractivity contribution in [2.75, 3.05) is 23.4 Å². The van der Waals surface area contributed by atoms with Crippen LogP contribution in [0.25, 0.3) is 11.0 Å². The van der Waals surface area contributed by atoms with Gasteiger partial charge in [-0.15, -0.1) is 0 Å². The van der Waals surface area contributed by atoms with Crippen molar-refractivity contribution >= 4 is 34.2 Å². The summed E-state index contributed by atoms with van der Waals surface area (Å²) in [6, 6.07) is 12.4. The largest absolute Gasteiger partial charge is 0.323 e. The Morgan fingerprint density at radius 3 is 2.50 bits per heavy atom. The first-order valence-corrected chi connectivity index (χ1v) is 8.36. The fraction of sp³-hybridized carbons (Fsp3) is 0.211. The van der Waals surface area contributed by atoms with Crippen molar-refractivity contribution in [3.8, 4) is 0 Å². The second kappa shape index (κ2) is 5.87. The van der Waals surface area contributed by atoms with Crippen molar-refractivity contribution in [3.63, 3.8) is 0 Å². The van der Waals surface area contributed by atoms with Gasteiger partial charge < -0.3 is 19.8 Å². The number of hydrogen-bond donors (Lipinski definition) is 2. The number of nitrogens with one attached hydrogen (secondary N) is 2. The van der Waals surface area contributed by atoms with Crippen molar-refractivity contribution < 1.29 is 9.59 Å². The molecule has 2 N–H and O–H groups in total. The molecule has 0 saturated carbocycles. The van der Waals surface area contributed by atoms with E-state index >= 15 is 0 Å². The quantitative estimate of drug-likeness (QED) is 0.704. The molecule has 0 radical (unpaired) electrons. The summed E-state index contributed by atoms with van der Waals surface area (Å²) in [5.74, 6) is -0.568. The Bertz CT molecular complexity index is 1080. The van der Waals surface area contributed by atoms with Gasteiger partial charge in [-0.25, -0.2) is 4.79 Å². The van der Waals surface area contributed by atoms with E-state index in [1.165, 1.54) is 0 Å². The highest BCUT2D eigenvalue weighted by Gasteiger charge is 2.32. The predicted molar refractivity (Wildman–Crippen MR) is 99.6 cm³/mol. The standard InChI is InChI=1S/C19H18N4O3/c1-11-10-23(16-6-4-3-5-15(16)22(2)17(11)24)18(25)12-7-8-13-14(9-12)21-19(26)20-13/h3-9,11H,10H2,1-2H3,(H2,20,21,26). The maximum absolute atomic E-state index is 13.2. The molecule has 4 rings (SSSR count). The van der Waals surface area contributed by atoms with Crippen LogP contribution in [0.5, 0.6) is 0 Å². The summed E-state index contributed by atoms with van der Waals surface area (Å²) in [7, 11) is 1.72. The van der Waals surface area contributed by atoms with Crippen LogP contribution in [0.2, 0.25) is 0 Å². The number of aromatic nitrogens is 2. The molecule has 0 saturated heterocycles. The van der Waals surface area contributed by atoms with E-state index in [4.69, 9.17) is 0 Å². The molecule has 1 aromatic heterocycles. The van der Waals surface area contributed by atoms with Gasteiger partial charge in [0.2, 0.25) is 5.91 Å². The molecule has 26 heavy (non-hydrogen) atoms. The SMILES string of the molecule is CC1CN(C(=O)c2ccc3[nH]c(=O)[nH]c3c2)c2ccccc2N(C)C1=O. The van der Waals surface area contributed by atoms with Gasteiger partial charge in [-0.1, -0.05) is 19.1 Å². The molecule has 2 aromatic carbocycles. The van der Waals surface area contributed by atoms with Crippen molar-refractivity contribution in [2.45, 2.75) is 6.92 Å². The first kappa shape index (κ1) is 16.1. The lowest BCUT2D eigenvalue weighted by Crippen LogP contribution is -2.37. The van der Waals surface area contributed by atoms with Crippen LogP contribution in [-0.2, 0) is 4.79 Å². The fourth-order valence-corrected chi connectivity index (χ4v) is 3.39. The van der Waals surface area contributed by atoms with Crippen molar-refractivity contribution in [1.82, 2.24) is 9.97 Å². The van der Waals surface area contributed by atoms with E-state index in [0.29, 0.717) is 34.5 Å². The van der Waals surface area contributed by atoms with E-state index in [9.17, 15) is 14.4 Å². The smallest absolute Gasteiger partial charge is 0.313 e. The maximum Gasteiger partial charge on any atom is 0.323 e. The zero-order chi connectivity index (χ0) is 18.4. The lowest BCUT2D eigenvalue weighted by molar-refractivity contribution is -0.121. The van der Waals surface area contributed by atoms with Crippen molar-refractivity contribution in [3.05, 3.63) is 58.5 Å². The number of imidazole rings is 1. The number of carbonyl (C=O) groups excluding carboxylic acids is 2. The number of benzene rings is 2. The minimum Gasteiger partial charge on any atom is -0.313 e. The van der Waals surface area contributed by atoms with Crippen LogP contribution in [0.1, 0.15) is 17.3 Å². The zero-order valence-corrected chi connectivity index (χ0v) is 14.4. The summed E-state index contributed by atoms with van der Waals surface area (Å²) in [5, 5.41) is 0. The zero-order valence-electron chi connectivity index (χ0n) is 14.4.